The second-order valence-electron chi connectivity index (χ2n) is 5.81. The molecule has 0 heterocycles. The van der Waals surface area contributed by atoms with Crippen molar-refractivity contribution >= 4 is 8.80 Å². The molecule has 0 aromatic carbocycles. The molecule has 0 amide bonds. The quantitative estimate of drug-likeness (QED) is 0.545. The second kappa shape index (κ2) is 3.53. The van der Waals surface area contributed by atoms with E-state index >= 15 is 0 Å². The standard InChI is InChI=1S/C11H24Si/c1-11(2,3)9-7-6-8-10(9)12(4)5/h9-10,12H,6-8H2,1-5H3. The summed E-state index contributed by atoms with van der Waals surface area (Å²) in [5.74, 6) is 1.03. The fourth-order valence-electron chi connectivity index (χ4n) is 2.86. The highest BCUT2D eigenvalue weighted by Gasteiger charge is 2.37. The average Bonchev–Trinajstić information content (AvgIpc) is 2.30. The number of rotatable bonds is 1. The topological polar surface area (TPSA) is 0 Å². The highest BCUT2D eigenvalue weighted by Crippen LogP contribution is 2.48. The van der Waals surface area contributed by atoms with Crippen molar-refractivity contribution in [1.82, 2.24) is 0 Å². The maximum Gasteiger partial charge on any atom is 0.0340 e. The minimum Gasteiger partial charge on any atom is -0.0720 e. The first-order chi connectivity index (χ1) is 5.43. The Labute approximate surface area is 79.4 Å². The molecule has 1 fully saturated rings. The zero-order chi connectivity index (χ0) is 9.35. The van der Waals surface area contributed by atoms with E-state index < -0.39 is 0 Å². The van der Waals surface area contributed by atoms with Gasteiger partial charge in [0.15, 0.2) is 0 Å². The summed E-state index contributed by atoms with van der Waals surface area (Å²) >= 11 is 0. The third-order valence-corrected chi connectivity index (χ3v) is 6.05. The van der Waals surface area contributed by atoms with Gasteiger partial charge in [-0.2, -0.15) is 0 Å². The molecule has 12 heavy (non-hydrogen) atoms. The zero-order valence-electron chi connectivity index (χ0n) is 9.35. The lowest BCUT2D eigenvalue weighted by atomic mass is 9.79. The summed E-state index contributed by atoms with van der Waals surface area (Å²) in [4.78, 5) is 0. The van der Waals surface area contributed by atoms with Crippen LogP contribution in [0.15, 0.2) is 0 Å². The summed E-state index contributed by atoms with van der Waals surface area (Å²) in [5, 5.41) is 0. The molecule has 1 aliphatic carbocycles. The summed E-state index contributed by atoms with van der Waals surface area (Å²) in [5.41, 5.74) is 1.70. The normalized spacial score (nSPS) is 31.5. The van der Waals surface area contributed by atoms with E-state index in [0.717, 1.165) is 11.5 Å². The molecule has 1 aliphatic rings. The van der Waals surface area contributed by atoms with Crippen LogP contribution in [0.1, 0.15) is 40.0 Å². The van der Waals surface area contributed by atoms with Gasteiger partial charge in [0.1, 0.15) is 0 Å². The van der Waals surface area contributed by atoms with E-state index in [4.69, 9.17) is 0 Å². The third kappa shape index (κ3) is 2.12. The van der Waals surface area contributed by atoms with Crippen LogP contribution >= 0.6 is 0 Å². The smallest absolute Gasteiger partial charge is 0.0340 e. The fraction of sp³-hybridized carbons (Fsp3) is 1.00. The zero-order valence-corrected chi connectivity index (χ0v) is 10.5. The van der Waals surface area contributed by atoms with E-state index in [1.807, 2.05) is 0 Å². The molecule has 0 aromatic rings. The van der Waals surface area contributed by atoms with Crippen LogP contribution in [-0.4, -0.2) is 8.80 Å². The van der Waals surface area contributed by atoms with Gasteiger partial charge >= 0.3 is 0 Å². The summed E-state index contributed by atoms with van der Waals surface area (Å²) in [7, 11) is -0.381. The maximum atomic E-state index is 2.52. The Kier molecular flexibility index (Phi) is 3.03. The molecule has 0 aliphatic heterocycles. The van der Waals surface area contributed by atoms with Crippen LogP contribution in [0.3, 0.4) is 0 Å². The highest BCUT2D eigenvalue weighted by atomic mass is 28.3. The van der Waals surface area contributed by atoms with Crippen molar-refractivity contribution < 1.29 is 0 Å². The van der Waals surface area contributed by atoms with Crippen LogP contribution in [0, 0.1) is 11.3 Å². The Morgan fingerprint density at radius 3 is 2.00 bits per heavy atom. The Hall–Kier alpha value is 0.217. The molecule has 2 atom stereocenters. The van der Waals surface area contributed by atoms with Gasteiger partial charge in [-0.05, 0) is 23.3 Å². The van der Waals surface area contributed by atoms with Crippen molar-refractivity contribution in [3.63, 3.8) is 0 Å². The van der Waals surface area contributed by atoms with Crippen molar-refractivity contribution in [2.45, 2.75) is 58.7 Å². The molecule has 1 rings (SSSR count). The van der Waals surface area contributed by atoms with Crippen molar-refractivity contribution in [2.24, 2.45) is 11.3 Å². The van der Waals surface area contributed by atoms with E-state index in [1.165, 1.54) is 19.3 Å². The van der Waals surface area contributed by atoms with Gasteiger partial charge in [-0.1, -0.05) is 46.7 Å². The average molecular weight is 184 g/mol. The summed E-state index contributed by atoms with van der Waals surface area (Å²) in [6, 6.07) is 0. The lowest BCUT2D eigenvalue weighted by Crippen LogP contribution is -2.27. The molecule has 0 bridgehead atoms. The first kappa shape index (κ1) is 10.3. The number of hydrogen-bond acceptors (Lipinski definition) is 0. The molecule has 0 saturated heterocycles. The van der Waals surface area contributed by atoms with Crippen LogP contribution in [0.25, 0.3) is 0 Å². The van der Waals surface area contributed by atoms with E-state index in [-0.39, 0.29) is 8.80 Å². The molecule has 2 unspecified atom stereocenters. The van der Waals surface area contributed by atoms with Gasteiger partial charge in [-0.3, -0.25) is 0 Å². The highest BCUT2D eigenvalue weighted by molar-refractivity contribution is 6.57. The summed E-state index contributed by atoms with van der Waals surface area (Å²) < 4.78 is 0. The lowest BCUT2D eigenvalue weighted by Gasteiger charge is -2.34. The minimum atomic E-state index is -0.381. The summed E-state index contributed by atoms with van der Waals surface area (Å²) in [6.45, 7) is 12.3. The lowest BCUT2D eigenvalue weighted by molar-refractivity contribution is 0.245. The molecular formula is C11H24Si. The Morgan fingerprint density at radius 1 is 1.08 bits per heavy atom. The van der Waals surface area contributed by atoms with Gasteiger partial charge in [-0.25, -0.2) is 0 Å². The van der Waals surface area contributed by atoms with Crippen LogP contribution < -0.4 is 0 Å². The Morgan fingerprint density at radius 2 is 1.67 bits per heavy atom. The van der Waals surface area contributed by atoms with E-state index in [9.17, 15) is 0 Å². The van der Waals surface area contributed by atoms with Gasteiger partial charge < -0.3 is 0 Å². The second-order valence-corrected chi connectivity index (χ2v) is 9.16. The largest absolute Gasteiger partial charge is 0.0720 e. The monoisotopic (exact) mass is 184 g/mol. The van der Waals surface area contributed by atoms with Gasteiger partial charge in [0.2, 0.25) is 0 Å². The van der Waals surface area contributed by atoms with Gasteiger partial charge in [0, 0.05) is 8.80 Å². The van der Waals surface area contributed by atoms with Crippen molar-refractivity contribution in [3.8, 4) is 0 Å². The molecule has 72 valence electrons. The molecule has 0 N–H and O–H groups in total. The predicted octanol–water partition coefficient (Wildman–Crippen LogP) is 3.69. The Bertz CT molecular complexity index is 144. The first-order valence-corrected chi connectivity index (χ1v) is 8.40. The van der Waals surface area contributed by atoms with Crippen LogP contribution in [0.4, 0.5) is 0 Å². The molecule has 0 radical (unpaired) electrons. The number of hydrogen-bond donors (Lipinski definition) is 0. The van der Waals surface area contributed by atoms with E-state index in [0.29, 0.717) is 5.41 Å². The van der Waals surface area contributed by atoms with Crippen LogP contribution in [-0.2, 0) is 0 Å². The summed E-state index contributed by atoms with van der Waals surface area (Å²) in [6.07, 6.45) is 4.53. The molecule has 1 saturated carbocycles. The molecule has 1 heteroatoms. The Balaban J connectivity index is 2.64. The van der Waals surface area contributed by atoms with Gasteiger partial charge in [-0.15, -0.1) is 0 Å². The van der Waals surface area contributed by atoms with E-state index in [1.54, 1.807) is 0 Å². The minimum absolute atomic E-state index is 0.381. The fourth-order valence-corrected chi connectivity index (χ4v) is 5.46. The third-order valence-electron chi connectivity index (χ3n) is 3.54. The first-order valence-electron chi connectivity index (χ1n) is 5.43. The van der Waals surface area contributed by atoms with Crippen molar-refractivity contribution in [2.75, 3.05) is 0 Å². The molecular weight excluding hydrogens is 160 g/mol. The SMILES string of the molecule is C[SiH](C)C1CCCC1C(C)(C)C. The maximum absolute atomic E-state index is 2.52. The molecule has 0 spiro atoms. The van der Waals surface area contributed by atoms with Crippen LogP contribution in [0.2, 0.25) is 18.6 Å². The van der Waals surface area contributed by atoms with E-state index in [2.05, 4.69) is 33.9 Å². The van der Waals surface area contributed by atoms with Crippen molar-refractivity contribution in [1.29, 1.82) is 0 Å². The molecule has 0 aromatic heterocycles. The van der Waals surface area contributed by atoms with Crippen LogP contribution in [0.5, 0.6) is 0 Å². The predicted molar refractivity (Wildman–Crippen MR) is 59.4 cm³/mol. The molecule has 0 nitrogen and oxygen atoms in total. The van der Waals surface area contributed by atoms with Gasteiger partial charge in [0.25, 0.3) is 0 Å². The van der Waals surface area contributed by atoms with Crippen molar-refractivity contribution in [3.05, 3.63) is 0 Å². The van der Waals surface area contributed by atoms with Gasteiger partial charge in [0.05, 0.1) is 0 Å².